The number of amides is 1. The number of carboxylic acid groups (broad SMARTS) is 1. The van der Waals surface area contributed by atoms with E-state index in [1.54, 1.807) is 12.2 Å². The van der Waals surface area contributed by atoms with E-state index in [1.165, 1.54) is 77.0 Å². The molecule has 0 aromatic heterocycles. The smallest absolute Gasteiger partial charge is 0.472 e. The minimum Gasteiger partial charge on any atom is -0.480 e. The summed E-state index contributed by atoms with van der Waals surface area (Å²) in [4.78, 5) is 46.0. The predicted molar refractivity (Wildman–Crippen MR) is 272 cm³/mol. The Morgan fingerprint density at radius 3 is 1.36 bits per heavy atom. The number of aliphatic carboxylic acids is 1. The molecular weight excluding hydrogens is 854 g/mol. The summed E-state index contributed by atoms with van der Waals surface area (Å²) in [5.74, 6) is -2.56. The van der Waals surface area contributed by atoms with Crippen molar-refractivity contribution in [2.75, 3.05) is 19.8 Å². The highest BCUT2D eigenvalue weighted by atomic mass is 31.2. The minimum absolute atomic E-state index is 0.0955. The van der Waals surface area contributed by atoms with Gasteiger partial charge in [0.05, 0.1) is 13.2 Å². The summed E-state index contributed by atoms with van der Waals surface area (Å²) < 4.78 is 26.9. The first-order valence-electron chi connectivity index (χ1n) is 24.9. The Hall–Kier alpha value is -3.86. The average Bonchev–Trinajstić information content (AvgIpc) is 3.29. The first-order valence-corrected chi connectivity index (χ1v) is 26.4. The van der Waals surface area contributed by atoms with Crippen LogP contribution < -0.4 is 5.32 Å². The molecule has 3 unspecified atom stereocenters. The highest BCUT2D eigenvalue weighted by Gasteiger charge is 2.28. The summed E-state index contributed by atoms with van der Waals surface area (Å²) >= 11 is 0. The Kier molecular flexibility index (Phi) is 44.8. The number of carboxylic acids is 1. The van der Waals surface area contributed by atoms with Crippen LogP contribution in [-0.4, -0.2) is 64.9 Å². The molecule has 0 bridgehead atoms. The Morgan fingerprint density at radius 2 is 0.909 bits per heavy atom. The summed E-state index contributed by atoms with van der Waals surface area (Å²) in [5, 5.41) is 21.8. The number of ether oxygens (including phenoxy) is 1. The van der Waals surface area contributed by atoms with Gasteiger partial charge < -0.3 is 25.2 Å². The third kappa shape index (κ3) is 46.7. The number of unbranched alkanes of at least 4 members (excludes halogenated alkanes) is 14. The molecule has 11 nitrogen and oxygen atoms in total. The van der Waals surface area contributed by atoms with Crippen LogP contribution in [0.3, 0.4) is 0 Å². The van der Waals surface area contributed by atoms with E-state index in [-0.39, 0.29) is 12.8 Å². The molecule has 0 aliphatic rings. The van der Waals surface area contributed by atoms with Crippen molar-refractivity contribution in [2.24, 2.45) is 0 Å². The molecule has 0 aliphatic carbocycles. The zero-order valence-electron chi connectivity index (χ0n) is 40.7. The number of aliphatic hydroxyl groups is 1. The van der Waals surface area contributed by atoms with Gasteiger partial charge in [-0.2, -0.15) is 0 Å². The molecule has 0 spiro atoms. The van der Waals surface area contributed by atoms with Gasteiger partial charge in [0.1, 0.15) is 12.7 Å². The van der Waals surface area contributed by atoms with Crippen molar-refractivity contribution in [1.82, 2.24) is 5.32 Å². The Balaban J connectivity index is 3.98. The first-order chi connectivity index (χ1) is 32.1. The summed E-state index contributed by atoms with van der Waals surface area (Å²) in [6, 6.07) is -1.61. The van der Waals surface area contributed by atoms with Crippen molar-refractivity contribution in [3.05, 3.63) is 109 Å². The van der Waals surface area contributed by atoms with Crippen LogP contribution in [0.5, 0.6) is 0 Å². The van der Waals surface area contributed by atoms with E-state index in [4.69, 9.17) is 13.8 Å². The van der Waals surface area contributed by atoms with Crippen LogP contribution in [0.1, 0.15) is 181 Å². The van der Waals surface area contributed by atoms with E-state index >= 15 is 0 Å². The van der Waals surface area contributed by atoms with E-state index in [2.05, 4.69) is 104 Å². The van der Waals surface area contributed by atoms with Crippen LogP contribution in [0.15, 0.2) is 109 Å². The highest BCUT2D eigenvalue weighted by Crippen LogP contribution is 2.43. The number of nitrogens with one attached hydrogen (secondary N) is 1. The largest absolute Gasteiger partial charge is 0.480 e. The van der Waals surface area contributed by atoms with E-state index in [0.29, 0.717) is 12.8 Å². The fourth-order valence-corrected chi connectivity index (χ4v) is 7.02. The summed E-state index contributed by atoms with van der Waals surface area (Å²) in [6.45, 7) is 2.39. The van der Waals surface area contributed by atoms with Gasteiger partial charge in [0.25, 0.3) is 0 Å². The van der Waals surface area contributed by atoms with Gasteiger partial charge >= 0.3 is 19.8 Å². The summed E-state index contributed by atoms with van der Waals surface area (Å²) in [5.41, 5.74) is 0. The van der Waals surface area contributed by atoms with Gasteiger partial charge in [-0.25, -0.2) is 9.36 Å². The number of rotatable bonds is 45. The van der Waals surface area contributed by atoms with Gasteiger partial charge in [0.2, 0.25) is 5.91 Å². The second-order valence-electron chi connectivity index (χ2n) is 16.3. The van der Waals surface area contributed by atoms with Gasteiger partial charge in [-0.3, -0.25) is 18.6 Å². The van der Waals surface area contributed by atoms with Crippen molar-refractivity contribution in [3.8, 4) is 0 Å². The maximum Gasteiger partial charge on any atom is 0.472 e. The van der Waals surface area contributed by atoms with Crippen molar-refractivity contribution in [1.29, 1.82) is 0 Å². The van der Waals surface area contributed by atoms with Crippen LogP contribution in [0, 0.1) is 0 Å². The van der Waals surface area contributed by atoms with E-state index in [0.717, 1.165) is 64.2 Å². The molecule has 0 saturated heterocycles. The molecule has 0 aliphatic heterocycles. The normalized spacial score (nSPS) is 14.5. The molecular formula is C54H88NO10P. The third-order valence-electron chi connectivity index (χ3n) is 10.1. The number of aliphatic hydroxyl groups excluding tert-OH is 1. The molecule has 1 amide bonds. The van der Waals surface area contributed by atoms with Crippen molar-refractivity contribution < 1.29 is 47.8 Å². The summed E-state index contributed by atoms with van der Waals surface area (Å²) in [6.07, 6.45) is 62.8. The number of allylic oxidation sites excluding steroid dienone is 17. The van der Waals surface area contributed by atoms with Gasteiger partial charge in [-0.15, -0.1) is 0 Å². The number of phosphoric acid groups is 1. The minimum atomic E-state index is -4.80. The lowest BCUT2D eigenvalue weighted by atomic mass is 10.0. The van der Waals surface area contributed by atoms with Crippen molar-refractivity contribution >= 4 is 25.7 Å². The van der Waals surface area contributed by atoms with E-state index in [1.807, 2.05) is 12.2 Å². The Labute approximate surface area is 399 Å². The van der Waals surface area contributed by atoms with Gasteiger partial charge in [0.15, 0.2) is 6.04 Å². The molecule has 0 saturated carbocycles. The molecule has 0 radical (unpaired) electrons. The quantitative estimate of drug-likeness (QED) is 0.0200. The molecule has 3 atom stereocenters. The molecule has 374 valence electrons. The fourth-order valence-electron chi connectivity index (χ4n) is 6.25. The monoisotopic (exact) mass is 942 g/mol. The maximum absolute atomic E-state index is 12.3. The number of hydrogen-bond donors (Lipinski definition) is 4. The average molecular weight is 942 g/mol. The van der Waals surface area contributed by atoms with Crippen LogP contribution >= 0.6 is 7.82 Å². The maximum atomic E-state index is 12.3. The molecule has 66 heavy (non-hydrogen) atoms. The van der Waals surface area contributed by atoms with Gasteiger partial charge in [0, 0.05) is 12.8 Å². The predicted octanol–water partition coefficient (Wildman–Crippen LogP) is 13.8. The molecule has 0 fully saturated rings. The molecule has 0 aromatic carbocycles. The van der Waals surface area contributed by atoms with Crippen molar-refractivity contribution in [3.63, 3.8) is 0 Å². The SMILES string of the molecule is CC/C=C\C/C=C\C/C=C\C/C=C\C/C=C\C/C=C\C/C=C\CC(=O)NC(COP(=O)(O)OCC(O)COC(=O)CCCCCCCCCCCCC/C=C\C/C=C\CCCCC)C(=O)O. The van der Waals surface area contributed by atoms with Crippen molar-refractivity contribution in [2.45, 2.75) is 193 Å². The molecule has 0 aromatic rings. The zero-order valence-corrected chi connectivity index (χ0v) is 41.6. The number of phosphoric ester groups is 1. The van der Waals surface area contributed by atoms with Crippen LogP contribution in [-0.2, 0) is 32.7 Å². The highest BCUT2D eigenvalue weighted by molar-refractivity contribution is 7.47. The third-order valence-corrected chi connectivity index (χ3v) is 11.0. The lowest BCUT2D eigenvalue weighted by Crippen LogP contribution is -2.43. The number of esters is 1. The van der Waals surface area contributed by atoms with Crippen LogP contribution in [0.2, 0.25) is 0 Å². The van der Waals surface area contributed by atoms with Gasteiger partial charge in [-0.1, -0.05) is 194 Å². The van der Waals surface area contributed by atoms with Crippen LogP contribution in [0.4, 0.5) is 0 Å². The summed E-state index contributed by atoms with van der Waals surface area (Å²) in [7, 11) is -4.80. The number of hydrogen-bond acceptors (Lipinski definition) is 8. The standard InChI is InChI=1S/C54H88NO10P/c1-3-5-7-9-11-13-15-17-19-21-23-25-27-29-31-33-35-37-39-41-43-45-52(57)55-51(54(59)60)49-65-66(61,62)64-48-50(56)47-63-53(58)46-44-42-40-38-36-34-32-30-28-26-24-22-20-18-16-14-12-10-8-6-4-2/h5,7,11-14,17-20,23,25,29,31,35,37,41,43,50-51,56H,3-4,6,8-10,15-16,21-22,24,26-28,30,32-34,36,38-40,42,44-49H2,1-2H3,(H,55,57)(H,59,60)(H,61,62)/b7-5-,13-11-,14-12-,19-17-,20-18-,25-23-,31-29-,37-35-,43-41-. The molecule has 0 rings (SSSR count). The topological polar surface area (TPSA) is 169 Å². The lowest BCUT2D eigenvalue weighted by molar-refractivity contribution is -0.147. The van der Waals surface area contributed by atoms with Gasteiger partial charge in [-0.05, 0) is 83.5 Å². The number of carbonyl (C=O) groups is 3. The first kappa shape index (κ1) is 62.1. The second-order valence-corrected chi connectivity index (χ2v) is 17.7. The Bertz CT molecular complexity index is 1530. The zero-order chi connectivity index (χ0) is 48.4. The second kappa shape index (κ2) is 47.6. The molecule has 0 heterocycles. The lowest BCUT2D eigenvalue weighted by Gasteiger charge is -2.18. The van der Waals surface area contributed by atoms with Crippen LogP contribution in [0.25, 0.3) is 0 Å². The Morgan fingerprint density at radius 1 is 0.515 bits per heavy atom. The fraction of sp³-hybridized carbons (Fsp3) is 0.611. The van der Waals surface area contributed by atoms with E-state index < -0.39 is 57.6 Å². The van der Waals surface area contributed by atoms with E-state index in [9.17, 15) is 34.1 Å². The number of carbonyl (C=O) groups excluding carboxylic acids is 2. The molecule has 12 heteroatoms. The molecule has 4 N–H and O–H groups in total.